The van der Waals surface area contributed by atoms with Gasteiger partial charge in [0.25, 0.3) is 0 Å². The van der Waals surface area contributed by atoms with Crippen molar-refractivity contribution in [2.75, 3.05) is 19.8 Å². The smallest absolute Gasteiger partial charge is 0.220 e. The molecule has 14 heteroatoms. The molecule has 0 spiro atoms. The van der Waals surface area contributed by atoms with Crippen molar-refractivity contribution in [2.45, 2.75) is 280 Å². The number of aliphatic hydroxyl groups is 8. The molecule has 0 aromatic rings. The van der Waals surface area contributed by atoms with Crippen LogP contribution in [0.5, 0.6) is 0 Å². The van der Waals surface area contributed by atoms with Gasteiger partial charge < -0.3 is 65.1 Å². The summed E-state index contributed by atoms with van der Waals surface area (Å²) in [5.74, 6) is -0.243. The van der Waals surface area contributed by atoms with Crippen LogP contribution in [0.15, 0.2) is 36.5 Å². The van der Waals surface area contributed by atoms with Crippen LogP contribution < -0.4 is 5.32 Å². The standard InChI is InChI=1S/C54H99NO13/c1-3-5-7-9-11-13-14-15-16-17-18-19-20-21-22-23-24-25-26-27-28-30-32-34-36-38-46(59)55-42(43(58)37-35-33-31-29-12-10-8-6-4-2)41-65-53-51(64)49(62)52(45(40-57)67-53)68-54-50(63)48(61)47(60)44(39-56)66-54/h14-15,17-18,35,37,42-45,47-54,56-58,60-64H,3-13,16,19-34,36,38-41H2,1-2H3,(H,55,59)/b15-14-,18-17-,37-35+. The Kier molecular flexibility index (Phi) is 37.4. The van der Waals surface area contributed by atoms with Gasteiger partial charge in [0.2, 0.25) is 5.91 Å². The number of carbonyl (C=O) groups excluding carboxylic acids is 1. The molecule has 0 aliphatic carbocycles. The van der Waals surface area contributed by atoms with Crippen molar-refractivity contribution in [2.24, 2.45) is 0 Å². The van der Waals surface area contributed by atoms with Crippen LogP contribution in [0.2, 0.25) is 0 Å². The first-order valence-corrected chi connectivity index (χ1v) is 27.2. The molecule has 398 valence electrons. The summed E-state index contributed by atoms with van der Waals surface area (Å²) in [6.07, 6.45) is 30.6. The van der Waals surface area contributed by atoms with Gasteiger partial charge in [-0.25, -0.2) is 0 Å². The zero-order chi connectivity index (χ0) is 49.6. The van der Waals surface area contributed by atoms with Gasteiger partial charge in [-0.1, -0.05) is 185 Å². The van der Waals surface area contributed by atoms with E-state index in [2.05, 4.69) is 43.5 Å². The van der Waals surface area contributed by atoms with Crippen LogP contribution in [0.1, 0.15) is 206 Å². The summed E-state index contributed by atoms with van der Waals surface area (Å²) in [6, 6.07) is -0.911. The van der Waals surface area contributed by atoms with Gasteiger partial charge in [0, 0.05) is 6.42 Å². The van der Waals surface area contributed by atoms with Crippen LogP contribution in [-0.2, 0) is 23.7 Å². The fraction of sp³-hybridized carbons (Fsp3) is 0.870. The number of allylic oxidation sites excluding steroid dienone is 5. The number of ether oxygens (including phenoxy) is 4. The number of hydrogen-bond donors (Lipinski definition) is 9. The molecule has 2 aliphatic heterocycles. The largest absolute Gasteiger partial charge is 0.394 e. The maximum absolute atomic E-state index is 13.2. The summed E-state index contributed by atoms with van der Waals surface area (Å²) in [5.41, 5.74) is 0. The molecular formula is C54H99NO13. The van der Waals surface area contributed by atoms with Crippen molar-refractivity contribution in [3.05, 3.63) is 36.5 Å². The summed E-state index contributed by atoms with van der Waals surface area (Å²) < 4.78 is 22.7. The van der Waals surface area contributed by atoms with Gasteiger partial charge in [-0.2, -0.15) is 0 Å². The maximum atomic E-state index is 13.2. The minimum absolute atomic E-state index is 0.243. The monoisotopic (exact) mass is 970 g/mol. The molecule has 2 rings (SSSR count). The summed E-state index contributed by atoms with van der Waals surface area (Å²) in [4.78, 5) is 13.2. The number of rotatable bonds is 42. The SMILES string of the molecule is CCCCCCC/C=C\C/C=C\CCCCCCCCCCCCCCCC(=O)NC(COC1OC(CO)C(OC2OC(CO)C(O)C(O)C2O)C(O)C1O)C(O)/C=C/CCCCCCCCC. The van der Waals surface area contributed by atoms with E-state index >= 15 is 0 Å². The lowest BCUT2D eigenvalue weighted by atomic mass is 9.97. The number of unbranched alkanes of at least 4 members (excludes halogenated alkanes) is 25. The minimum Gasteiger partial charge on any atom is -0.394 e. The second kappa shape index (κ2) is 40.8. The lowest BCUT2D eigenvalue weighted by Crippen LogP contribution is -2.65. The van der Waals surface area contributed by atoms with E-state index in [0.29, 0.717) is 6.42 Å². The van der Waals surface area contributed by atoms with Crippen molar-refractivity contribution < 1.29 is 64.6 Å². The molecule has 68 heavy (non-hydrogen) atoms. The number of aliphatic hydroxyl groups excluding tert-OH is 8. The predicted molar refractivity (Wildman–Crippen MR) is 268 cm³/mol. The fourth-order valence-electron chi connectivity index (χ4n) is 8.85. The molecule has 12 atom stereocenters. The number of nitrogens with one attached hydrogen (secondary N) is 1. The third-order valence-corrected chi connectivity index (χ3v) is 13.3. The Morgan fingerprint density at radius 1 is 0.529 bits per heavy atom. The van der Waals surface area contributed by atoms with Gasteiger partial charge >= 0.3 is 0 Å². The molecule has 12 unspecified atom stereocenters. The van der Waals surface area contributed by atoms with Gasteiger partial charge in [0.1, 0.15) is 48.8 Å². The van der Waals surface area contributed by atoms with E-state index in [0.717, 1.165) is 44.9 Å². The maximum Gasteiger partial charge on any atom is 0.220 e. The number of hydrogen-bond acceptors (Lipinski definition) is 13. The van der Waals surface area contributed by atoms with Gasteiger partial charge in [0.15, 0.2) is 12.6 Å². The van der Waals surface area contributed by atoms with Crippen LogP contribution in [-0.4, -0.2) is 140 Å². The second-order valence-corrected chi connectivity index (χ2v) is 19.4. The fourth-order valence-corrected chi connectivity index (χ4v) is 8.85. The van der Waals surface area contributed by atoms with E-state index in [4.69, 9.17) is 18.9 Å². The molecule has 0 aromatic heterocycles. The van der Waals surface area contributed by atoms with E-state index in [-0.39, 0.29) is 18.9 Å². The van der Waals surface area contributed by atoms with E-state index in [1.54, 1.807) is 6.08 Å². The van der Waals surface area contributed by atoms with Crippen LogP contribution in [0.25, 0.3) is 0 Å². The van der Waals surface area contributed by atoms with Gasteiger partial charge in [0.05, 0.1) is 32.0 Å². The van der Waals surface area contributed by atoms with Crippen LogP contribution in [0, 0.1) is 0 Å². The second-order valence-electron chi connectivity index (χ2n) is 19.4. The van der Waals surface area contributed by atoms with Gasteiger partial charge in [-0.05, 0) is 51.4 Å². The highest BCUT2D eigenvalue weighted by atomic mass is 16.7. The normalized spacial score (nSPS) is 26.6. The van der Waals surface area contributed by atoms with Crippen molar-refractivity contribution in [3.63, 3.8) is 0 Å². The molecule has 2 heterocycles. The van der Waals surface area contributed by atoms with E-state index in [9.17, 15) is 45.6 Å². The lowest BCUT2D eigenvalue weighted by Gasteiger charge is -2.46. The Balaban J connectivity index is 1.71. The molecule has 2 fully saturated rings. The Hall–Kier alpha value is -1.79. The Bertz CT molecular complexity index is 1280. The molecule has 0 bridgehead atoms. The summed E-state index contributed by atoms with van der Waals surface area (Å²) in [6.45, 7) is 2.74. The van der Waals surface area contributed by atoms with Crippen molar-refractivity contribution in [3.8, 4) is 0 Å². The molecule has 9 N–H and O–H groups in total. The number of amides is 1. The Labute approximate surface area is 411 Å². The number of carbonyl (C=O) groups is 1. The average molecular weight is 970 g/mol. The topological polar surface area (TPSA) is 228 Å². The first kappa shape index (κ1) is 62.3. The zero-order valence-electron chi connectivity index (χ0n) is 42.3. The summed E-state index contributed by atoms with van der Waals surface area (Å²) in [7, 11) is 0. The van der Waals surface area contributed by atoms with Gasteiger partial charge in [-0.15, -0.1) is 0 Å². The first-order valence-electron chi connectivity index (χ1n) is 27.2. The zero-order valence-corrected chi connectivity index (χ0v) is 42.3. The highest BCUT2D eigenvalue weighted by Gasteiger charge is 2.51. The predicted octanol–water partition coefficient (Wildman–Crippen LogP) is 7.88. The quantitative estimate of drug-likeness (QED) is 0.0210. The molecule has 0 saturated carbocycles. The summed E-state index contributed by atoms with van der Waals surface area (Å²) in [5, 5.41) is 86.6. The van der Waals surface area contributed by atoms with E-state index in [1.165, 1.54) is 135 Å². The highest BCUT2D eigenvalue weighted by Crippen LogP contribution is 2.30. The molecule has 2 saturated heterocycles. The van der Waals surface area contributed by atoms with Gasteiger partial charge in [-0.3, -0.25) is 4.79 Å². The minimum atomic E-state index is -1.79. The van der Waals surface area contributed by atoms with E-state index in [1.807, 2.05) is 6.08 Å². The highest BCUT2D eigenvalue weighted by molar-refractivity contribution is 5.76. The van der Waals surface area contributed by atoms with E-state index < -0.39 is 86.8 Å². The average Bonchev–Trinajstić information content (AvgIpc) is 3.34. The van der Waals surface area contributed by atoms with Crippen molar-refractivity contribution in [1.29, 1.82) is 0 Å². The third-order valence-electron chi connectivity index (χ3n) is 13.3. The molecular weight excluding hydrogens is 871 g/mol. The van der Waals surface area contributed by atoms with Crippen molar-refractivity contribution in [1.82, 2.24) is 5.32 Å². The van der Waals surface area contributed by atoms with Crippen LogP contribution >= 0.6 is 0 Å². The molecule has 0 aromatic carbocycles. The third kappa shape index (κ3) is 27.1. The van der Waals surface area contributed by atoms with Crippen molar-refractivity contribution >= 4 is 5.91 Å². The Morgan fingerprint density at radius 2 is 0.971 bits per heavy atom. The molecule has 0 radical (unpaired) electrons. The lowest BCUT2D eigenvalue weighted by molar-refractivity contribution is -0.359. The van der Waals surface area contributed by atoms with Crippen LogP contribution in [0.4, 0.5) is 0 Å². The Morgan fingerprint density at radius 3 is 1.47 bits per heavy atom. The first-order chi connectivity index (χ1) is 33.1. The summed E-state index contributed by atoms with van der Waals surface area (Å²) >= 11 is 0. The van der Waals surface area contributed by atoms with Crippen LogP contribution in [0.3, 0.4) is 0 Å². The molecule has 2 aliphatic rings. The molecule has 14 nitrogen and oxygen atoms in total. The molecule has 1 amide bonds.